The molecule has 1 heterocycles. The van der Waals surface area contributed by atoms with Crippen molar-refractivity contribution in [2.75, 3.05) is 5.32 Å². The highest BCUT2D eigenvalue weighted by molar-refractivity contribution is 6.30. The smallest absolute Gasteiger partial charge is 0.335 e. The van der Waals surface area contributed by atoms with Gasteiger partial charge in [-0.2, -0.15) is 0 Å². The van der Waals surface area contributed by atoms with Gasteiger partial charge < -0.3 is 15.4 Å². The molecule has 0 saturated heterocycles. The fourth-order valence-electron chi connectivity index (χ4n) is 2.31. The molecule has 25 heavy (non-hydrogen) atoms. The van der Waals surface area contributed by atoms with Gasteiger partial charge in [0.25, 0.3) is 5.91 Å². The van der Waals surface area contributed by atoms with Crippen molar-refractivity contribution in [3.05, 3.63) is 74.8 Å². The Morgan fingerprint density at radius 2 is 1.84 bits per heavy atom. The largest absolute Gasteiger partial charge is 0.478 e. The number of aromatic carboxylic acids is 1. The Morgan fingerprint density at radius 3 is 2.48 bits per heavy atom. The van der Waals surface area contributed by atoms with Gasteiger partial charge >= 0.3 is 5.97 Å². The summed E-state index contributed by atoms with van der Waals surface area (Å²) in [6, 6.07) is 8.06. The first-order valence-corrected chi connectivity index (χ1v) is 7.40. The van der Waals surface area contributed by atoms with E-state index in [0.29, 0.717) is 10.7 Å². The molecule has 0 aliphatic heterocycles. The van der Waals surface area contributed by atoms with Crippen molar-refractivity contribution < 1.29 is 19.1 Å². The van der Waals surface area contributed by atoms with Crippen LogP contribution in [-0.2, 0) is 0 Å². The maximum Gasteiger partial charge on any atom is 0.335 e. The standard InChI is InChI=1S/C17H10ClFN2O4/c18-9-1-3-10(4-2-9)21-16(23)12-7-20-14-11(15(12)22)5-8(17(24)25)6-13(14)19/h1-7H,(H,20,22)(H,21,23)(H,24,25). The number of nitrogens with one attached hydrogen (secondary N) is 2. The van der Waals surface area contributed by atoms with Gasteiger partial charge in [-0.15, -0.1) is 0 Å². The second-order valence-corrected chi connectivity index (χ2v) is 5.61. The van der Waals surface area contributed by atoms with Gasteiger partial charge in [0.05, 0.1) is 16.5 Å². The zero-order chi connectivity index (χ0) is 18.1. The molecule has 0 spiro atoms. The lowest BCUT2D eigenvalue weighted by atomic mass is 10.1. The van der Waals surface area contributed by atoms with E-state index in [1.807, 2.05) is 0 Å². The molecular formula is C17H10ClFN2O4. The molecule has 0 bridgehead atoms. The van der Waals surface area contributed by atoms with E-state index in [1.54, 1.807) is 24.3 Å². The van der Waals surface area contributed by atoms with Gasteiger partial charge in [-0.05, 0) is 36.4 Å². The highest BCUT2D eigenvalue weighted by atomic mass is 35.5. The predicted octanol–water partition coefficient (Wildman–Crippen LogP) is 3.27. The average molecular weight is 361 g/mol. The topological polar surface area (TPSA) is 99.3 Å². The van der Waals surface area contributed by atoms with Crippen molar-refractivity contribution in [1.29, 1.82) is 0 Å². The highest BCUT2D eigenvalue weighted by Gasteiger charge is 2.17. The molecule has 0 unspecified atom stereocenters. The number of aromatic nitrogens is 1. The molecule has 8 heteroatoms. The van der Waals surface area contributed by atoms with E-state index in [1.165, 1.54) is 0 Å². The number of pyridine rings is 1. The third kappa shape index (κ3) is 3.22. The minimum atomic E-state index is -1.38. The van der Waals surface area contributed by atoms with Crippen LogP contribution in [0.5, 0.6) is 0 Å². The summed E-state index contributed by atoms with van der Waals surface area (Å²) in [6.45, 7) is 0. The first kappa shape index (κ1) is 16.7. The summed E-state index contributed by atoms with van der Waals surface area (Å²) in [7, 11) is 0. The number of H-pyrrole nitrogens is 1. The molecular weight excluding hydrogens is 351 g/mol. The van der Waals surface area contributed by atoms with E-state index in [9.17, 15) is 18.8 Å². The average Bonchev–Trinajstić information content (AvgIpc) is 2.57. The number of carboxylic acids is 1. The van der Waals surface area contributed by atoms with Gasteiger partial charge in [0.1, 0.15) is 11.4 Å². The first-order chi connectivity index (χ1) is 11.9. The zero-order valence-electron chi connectivity index (χ0n) is 12.5. The van der Waals surface area contributed by atoms with Crippen LogP contribution in [-0.4, -0.2) is 22.0 Å². The summed E-state index contributed by atoms with van der Waals surface area (Å²) in [6.07, 6.45) is 1.08. The molecule has 0 atom stereocenters. The third-order valence-electron chi connectivity index (χ3n) is 3.53. The minimum absolute atomic E-state index is 0.168. The van der Waals surface area contributed by atoms with Crippen molar-refractivity contribution >= 4 is 40.1 Å². The van der Waals surface area contributed by atoms with Gasteiger partial charge in [0, 0.05) is 16.9 Å². The van der Waals surface area contributed by atoms with Crippen LogP contribution in [0.3, 0.4) is 0 Å². The SMILES string of the molecule is O=C(O)c1cc(F)c2[nH]cc(C(=O)Nc3ccc(Cl)cc3)c(=O)c2c1. The molecule has 2 aromatic carbocycles. The van der Waals surface area contributed by atoms with Crippen LogP contribution in [0.1, 0.15) is 20.7 Å². The maximum absolute atomic E-state index is 14.0. The number of benzene rings is 2. The first-order valence-electron chi connectivity index (χ1n) is 7.02. The summed E-state index contributed by atoms with van der Waals surface area (Å²) < 4.78 is 14.0. The lowest BCUT2D eigenvalue weighted by Gasteiger charge is -2.07. The zero-order valence-corrected chi connectivity index (χ0v) is 13.2. The Kier molecular flexibility index (Phi) is 4.24. The summed E-state index contributed by atoms with van der Waals surface area (Å²) in [5, 5.41) is 11.8. The van der Waals surface area contributed by atoms with Crippen molar-refractivity contribution in [3.63, 3.8) is 0 Å². The fraction of sp³-hybridized carbons (Fsp3) is 0. The van der Waals surface area contributed by atoms with Gasteiger partial charge in [-0.1, -0.05) is 11.6 Å². The van der Waals surface area contributed by atoms with Crippen LogP contribution in [0.15, 0.2) is 47.4 Å². The number of hydrogen-bond acceptors (Lipinski definition) is 3. The molecule has 0 aliphatic carbocycles. The molecule has 3 N–H and O–H groups in total. The Labute approximate surface area is 144 Å². The van der Waals surface area contributed by atoms with Crippen LogP contribution in [0.4, 0.5) is 10.1 Å². The van der Waals surface area contributed by atoms with Crippen LogP contribution in [0.2, 0.25) is 5.02 Å². The van der Waals surface area contributed by atoms with Gasteiger partial charge in [0.15, 0.2) is 0 Å². The molecule has 0 fully saturated rings. The molecule has 0 radical (unpaired) electrons. The number of hydrogen-bond donors (Lipinski definition) is 3. The number of amides is 1. The molecule has 126 valence electrons. The van der Waals surface area contributed by atoms with Crippen molar-refractivity contribution in [1.82, 2.24) is 4.98 Å². The quantitative estimate of drug-likeness (QED) is 0.667. The van der Waals surface area contributed by atoms with E-state index >= 15 is 0 Å². The van der Waals surface area contributed by atoms with Crippen LogP contribution >= 0.6 is 11.6 Å². The number of fused-ring (bicyclic) bond motifs is 1. The molecule has 0 saturated carbocycles. The molecule has 1 aromatic heterocycles. The van der Waals surface area contributed by atoms with Crippen molar-refractivity contribution in [3.8, 4) is 0 Å². The number of carbonyl (C=O) groups is 2. The van der Waals surface area contributed by atoms with E-state index in [-0.39, 0.29) is 22.0 Å². The van der Waals surface area contributed by atoms with Crippen molar-refractivity contribution in [2.24, 2.45) is 0 Å². The van der Waals surface area contributed by atoms with Crippen molar-refractivity contribution in [2.45, 2.75) is 0 Å². The lowest BCUT2D eigenvalue weighted by Crippen LogP contribution is -2.22. The summed E-state index contributed by atoms with van der Waals surface area (Å²) >= 11 is 5.76. The van der Waals surface area contributed by atoms with Crippen LogP contribution < -0.4 is 10.7 Å². The molecule has 3 rings (SSSR count). The number of carbonyl (C=O) groups excluding carboxylic acids is 1. The molecule has 6 nitrogen and oxygen atoms in total. The Balaban J connectivity index is 2.06. The van der Waals surface area contributed by atoms with Gasteiger partial charge in [-0.3, -0.25) is 9.59 Å². The van der Waals surface area contributed by atoms with E-state index in [0.717, 1.165) is 18.3 Å². The van der Waals surface area contributed by atoms with Crippen LogP contribution in [0.25, 0.3) is 10.9 Å². The van der Waals surface area contributed by atoms with Crippen LogP contribution in [0, 0.1) is 5.82 Å². The minimum Gasteiger partial charge on any atom is -0.478 e. The molecule has 1 amide bonds. The number of anilines is 1. The number of halogens is 2. The maximum atomic E-state index is 14.0. The van der Waals surface area contributed by atoms with E-state index in [4.69, 9.17) is 16.7 Å². The number of rotatable bonds is 3. The fourth-order valence-corrected chi connectivity index (χ4v) is 2.44. The van der Waals surface area contributed by atoms with E-state index in [2.05, 4.69) is 10.3 Å². The summed E-state index contributed by atoms with van der Waals surface area (Å²) in [5.41, 5.74) is -1.19. The Bertz CT molecular complexity index is 1060. The third-order valence-corrected chi connectivity index (χ3v) is 3.79. The monoisotopic (exact) mass is 360 g/mol. The Hall–Kier alpha value is -3.19. The highest BCUT2D eigenvalue weighted by Crippen LogP contribution is 2.17. The second-order valence-electron chi connectivity index (χ2n) is 5.18. The van der Waals surface area contributed by atoms with E-state index < -0.39 is 23.1 Å². The second kappa shape index (κ2) is 6.37. The number of aromatic amines is 1. The van der Waals surface area contributed by atoms with Gasteiger partial charge in [-0.25, -0.2) is 9.18 Å². The predicted molar refractivity (Wildman–Crippen MR) is 90.9 cm³/mol. The summed E-state index contributed by atoms with van der Waals surface area (Å²) in [5.74, 6) is -2.99. The lowest BCUT2D eigenvalue weighted by molar-refractivity contribution is 0.0696. The summed E-state index contributed by atoms with van der Waals surface area (Å²) in [4.78, 5) is 38.3. The normalized spacial score (nSPS) is 10.6. The molecule has 0 aliphatic rings. The van der Waals surface area contributed by atoms with Gasteiger partial charge in [0.2, 0.25) is 5.43 Å². The Morgan fingerprint density at radius 1 is 1.16 bits per heavy atom. The number of carboxylic acid groups (broad SMARTS) is 1. The molecule has 3 aromatic rings.